The maximum absolute atomic E-state index is 6.00. The van der Waals surface area contributed by atoms with Crippen molar-refractivity contribution in [1.29, 1.82) is 0 Å². The summed E-state index contributed by atoms with van der Waals surface area (Å²) in [5.41, 5.74) is 9.41. The Morgan fingerprint density at radius 1 is 1.00 bits per heavy atom. The van der Waals surface area contributed by atoms with Gasteiger partial charge in [-0.15, -0.1) is 0 Å². The van der Waals surface area contributed by atoms with E-state index in [0.29, 0.717) is 5.82 Å². The van der Waals surface area contributed by atoms with Gasteiger partial charge in [0, 0.05) is 11.3 Å². The highest BCUT2D eigenvalue weighted by Crippen LogP contribution is 2.28. The van der Waals surface area contributed by atoms with Gasteiger partial charge in [0.2, 0.25) is 0 Å². The van der Waals surface area contributed by atoms with Gasteiger partial charge in [-0.25, -0.2) is 0 Å². The quantitative estimate of drug-likeness (QED) is 0.691. The summed E-state index contributed by atoms with van der Waals surface area (Å²) >= 11 is 0. The van der Waals surface area contributed by atoms with Gasteiger partial charge < -0.3 is 5.73 Å². The predicted molar refractivity (Wildman–Crippen MR) is 85.5 cm³/mol. The number of H-pyrrole nitrogens is 1. The van der Waals surface area contributed by atoms with E-state index in [9.17, 15) is 0 Å². The molecule has 0 bridgehead atoms. The molecule has 0 atom stereocenters. The summed E-state index contributed by atoms with van der Waals surface area (Å²) in [5.74, 6) is 0.609. The number of hydrogen-bond acceptors (Lipinski definition) is 2. The van der Waals surface area contributed by atoms with Gasteiger partial charge in [-0.2, -0.15) is 5.10 Å². The Kier molecular flexibility index (Phi) is 5.66. The van der Waals surface area contributed by atoms with Gasteiger partial charge in [0.25, 0.3) is 0 Å². The Labute approximate surface area is 121 Å². The largest absolute Gasteiger partial charge is 0.382 e. The zero-order valence-electron chi connectivity index (χ0n) is 12.4. The summed E-state index contributed by atoms with van der Waals surface area (Å²) in [6.45, 7) is 2.25. The molecule has 20 heavy (non-hydrogen) atoms. The molecule has 0 aliphatic heterocycles. The van der Waals surface area contributed by atoms with Crippen molar-refractivity contribution in [1.82, 2.24) is 10.2 Å². The van der Waals surface area contributed by atoms with Gasteiger partial charge in [-0.05, 0) is 18.4 Å². The van der Waals surface area contributed by atoms with Crippen LogP contribution in [0.15, 0.2) is 30.3 Å². The van der Waals surface area contributed by atoms with Crippen molar-refractivity contribution in [2.24, 2.45) is 0 Å². The van der Waals surface area contributed by atoms with E-state index in [1.54, 1.807) is 0 Å². The number of nitrogens with zero attached hydrogens (tertiary/aromatic N) is 1. The van der Waals surface area contributed by atoms with Crippen molar-refractivity contribution in [3.8, 4) is 11.1 Å². The average molecular weight is 271 g/mol. The summed E-state index contributed by atoms with van der Waals surface area (Å²) in [6.07, 6.45) is 8.85. The predicted octanol–water partition coefficient (Wildman–Crippen LogP) is 4.56. The van der Waals surface area contributed by atoms with E-state index in [0.717, 1.165) is 17.5 Å². The minimum Gasteiger partial charge on any atom is -0.382 e. The van der Waals surface area contributed by atoms with Crippen molar-refractivity contribution in [3.05, 3.63) is 36.0 Å². The minimum absolute atomic E-state index is 0.609. The molecule has 1 aromatic heterocycles. The average Bonchev–Trinajstić information content (AvgIpc) is 2.84. The number of aryl methyl sites for hydroxylation is 1. The number of aromatic nitrogens is 2. The Hall–Kier alpha value is -1.77. The second-order valence-electron chi connectivity index (χ2n) is 5.35. The third kappa shape index (κ3) is 3.86. The van der Waals surface area contributed by atoms with Crippen LogP contribution in [-0.2, 0) is 6.42 Å². The molecule has 1 aromatic carbocycles. The van der Waals surface area contributed by atoms with E-state index in [1.807, 2.05) is 18.2 Å². The molecule has 0 spiro atoms. The molecule has 0 amide bonds. The van der Waals surface area contributed by atoms with Crippen LogP contribution in [0.25, 0.3) is 11.1 Å². The molecule has 3 nitrogen and oxygen atoms in total. The Morgan fingerprint density at radius 2 is 1.70 bits per heavy atom. The topological polar surface area (TPSA) is 54.7 Å². The second-order valence-corrected chi connectivity index (χ2v) is 5.35. The number of aromatic amines is 1. The van der Waals surface area contributed by atoms with Crippen LogP contribution < -0.4 is 5.73 Å². The van der Waals surface area contributed by atoms with Crippen molar-refractivity contribution in [2.75, 3.05) is 5.73 Å². The summed E-state index contributed by atoms with van der Waals surface area (Å²) in [7, 11) is 0. The number of anilines is 1. The van der Waals surface area contributed by atoms with Crippen LogP contribution in [0.3, 0.4) is 0 Å². The summed E-state index contributed by atoms with van der Waals surface area (Å²) in [5, 5.41) is 7.27. The highest BCUT2D eigenvalue weighted by molar-refractivity contribution is 5.76. The van der Waals surface area contributed by atoms with E-state index in [4.69, 9.17) is 5.73 Å². The lowest BCUT2D eigenvalue weighted by Crippen LogP contribution is -1.92. The first kappa shape index (κ1) is 14.6. The molecular weight excluding hydrogens is 246 g/mol. The highest BCUT2D eigenvalue weighted by Gasteiger charge is 2.12. The van der Waals surface area contributed by atoms with Gasteiger partial charge in [0.15, 0.2) is 5.82 Å². The molecule has 3 N–H and O–H groups in total. The van der Waals surface area contributed by atoms with E-state index in [1.165, 1.54) is 44.2 Å². The third-order valence-corrected chi connectivity index (χ3v) is 3.71. The lowest BCUT2D eigenvalue weighted by Gasteiger charge is -2.04. The monoisotopic (exact) mass is 271 g/mol. The number of rotatable bonds is 8. The number of nitrogens with one attached hydrogen (secondary N) is 1. The molecule has 0 unspecified atom stereocenters. The second kappa shape index (κ2) is 7.73. The lowest BCUT2D eigenvalue weighted by molar-refractivity contribution is 0.604. The zero-order chi connectivity index (χ0) is 14.2. The van der Waals surface area contributed by atoms with Gasteiger partial charge in [0.05, 0.1) is 0 Å². The number of unbranched alkanes of at least 4 members (excludes halogenated alkanes) is 5. The smallest absolute Gasteiger partial charge is 0.153 e. The van der Waals surface area contributed by atoms with Crippen molar-refractivity contribution >= 4 is 5.82 Å². The normalized spacial score (nSPS) is 10.8. The minimum atomic E-state index is 0.609. The number of nitrogen functional groups attached to an aromatic ring is 1. The first-order valence-corrected chi connectivity index (χ1v) is 7.71. The maximum Gasteiger partial charge on any atom is 0.153 e. The SMILES string of the molecule is CCCCCCCCc1[nH]nc(N)c1-c1ccccc1. The maximum atomic E-state index is 6.00. The number of benzene rings is 1. The molecule has 0 saturated heterocycles. The van der Waals surface area contributed by atoms with Gasteiger partial charge >= 0.3 is 0 Å². The fourth-order valence-electron chi connectivity index (χ4n) is 2.58. The van der Waals surface area contributed by atoms with Crippen LogP contribution in [-0.4, -0.2) is 10.2 Å². The van der Waals surface area contributed by atoms with Crippen LogP contribution in [0.1, 0.15) is 51.1 Å². The molecule has 0 aliphatic carbocycles. The highest BCUT2D eigenvalue weighted by atomic mass is 15.2. The van der Waals surface area contributed by atoms with Crippen LogP contribution in [0, 0.1) is 0 Å². The van der Waals surface area contributed by atoms with Crippen molar-refractivity contribution in [3.63, 3.8) is 0 Å². The molecule has 0 radical (unpaired) electrons. The third-order valence-electron chi connectivity index (χ3n) is 3.71. The first-order chi connectivity index (χ1) is 9.83. The Balaban J connectivity index is 1.93. The molecule has 3 heteroatoms. The first-order valence-electron chi connectivity index (χ1n) is 7.71. The molecular formula is C17H25N3. The lowest BCUT2D eigenvalue weighted by atomic mass is 10.0. The molecule has 2 aromatic rings. The number of hydrogen-bond donors (Lipinski definition) is 2. The standard InChI is InChI=1S/C17H25N3/c1-2-3-4-5-6-10-13-15-16(17(18)20-19-15)14-11-8-7-9-12-14/h7-9,11-12H,2-6,10,13H2,1H3,(H3,18,19,20). The van der Waals surface area contributed by atoms with Gasteiger partial charge in [-0.1, -0.05) is 69.4 Å². The molecule has 108 valence electrons. The summed E-state index contributed by atoms with van der Waals surface area (Å²) in [6, 6.07) is 10.3. The fraction of sp³-hybridized carbons (Fsp3) is 0.471. The zero-order valence-corrected chi connectivity index (χ0v) is 12.4. The Morgan fingerprint density at radius 3 is 2.45 bits per heavy atom. The molecule has 0 fully saturated rings. The van der Waals surface area contributed by atoms with Crippen molar-refractivity contribution in [2.45, 2.75) is 51.9 Å². The van der Waals surface area contributed by atoms with E-state index >= 15 is 0 Å². The van der Waals surface area contributed by atoms with E-state index < -0.39 is 0 Å². The Bertz CT molecular complexity index is 502. The van der Waals surface area contributed by atoms with E-state index in [2.05, 4.69) is 29.3 Å². The van der Waals surface area contributed by atoms with Crippen molar-refractivity contribution < 1.29 is 0 Å². The summed E-state index contributed by atoms with van der Waals surface area (Å²) in [4.78, 5) is 0. The fourth-order valence-corrected chi connectivity index (χ4v) is 2.58. The molecule has 0 aliphatic rings. The van der Waals surface area contributed by atoms with Crippen LogP contribution in [0.2, 0.25) is 0 Å². The van der Waals surface area contributed by atoms with Crippen LogP contribution in [0.5, 0.6) is 0 Å². The van der Waals surface area contributed by atoms with Gasteiger partial charge in [0.1, 0.15) is 0 Å². The molecule has 1 heterocycles. The van der Waals surface area contributed by atoms with Crippen LogP contribution in [0.4, 0.5) is 5.82 Å². The molecule has 2 rings (SSSR count). The van der Waals surface area contributed by atoms with Crippen LogP contribution >= 0.6 is 0 Å². The van der Waals surface area contributed by atoms with E-state index in [-0.39, 0.29) is 0 Å². The van der Waals surface area contributed by atoms with Gasteiger partial charge in [-0.3, -0.25) is 5.10 Å². The number of nitrogens with two attached hydrogens (primary N) is 1. The summed E-state index contributed by atoms with van der Waals surface area (Å²) < 4.78 is 0. The molecule has 0 saturated carbocycles.